The van der Waals surface area contributed by atoms with Gasteiger partial charge in [-0.05, 0) is 38.3 Å². The van der Waals surface area contributed by atoms with E-state index in [9.17, 15) is 19.2 Å². The number of methoxy groups -OCH3 is 1. The normalized spacial score (nSPS) is 12.6. The number of amides is 2. The fraction of sp³-hybridized carbons (Fsp3) is 0.407. The number of ether oxygens (including phenoxy) is 3. The van der Waals surface area contributed by atoms with Crippen LogP contribution in [0.25, 0.3) is 0 Å². The average molecular weight is 499 g/mol. The maximum absolute atomic E-state index is 13.1. The van der Waals surface area contributed by atoms with E-state index >= 15 is 0 Å². The number of esters is 2. The number of carbonyl (C=O) groups is 4. The lowest BCUT2D eigenvalue weighted by atomic mass is 10.0. The average Bonchev–Trinajstić information content (AvgIpc) is 2.84. The van der Waals surface area contributed by atoms with Gasteiger partial charge < -0.3 is 24.8 Å². The fourth-order valence-electron chi connectivity index (χ4n) is 3.25. The zero-order valence-corrected chi connectivity index (χ0v) is 21.1. The first kappa shape index (κ1) is 28.4. The van der Waals surface area contributed by atoms with E-state index in [0.29, 0.717) is 0 Å². The zero-order chi connectivity index (χ0) is 26.6. The smallest absolute Gasteiger partial charge is 0.408 e. The fourth-order valence-corrected chi connectivity index (χ4v) is 3.25. The quantitative estimate of drug-likeness (QED) is 0.360. The van der Waals surface area contributed by atoms with E-state index in [1.165, 1.54) is 7.11 Å². The van der Waals surface area contributed by atoms with Crippen molar-refractivity contribution in [2.75, 3.05) is 7.11 Å². The van der Waals surface area contributed by atoms with Crippen molar-refractivity contribution in [2.45, 2.75) is 64.3 Å². The Hall–Kier alpha value is -3.88. The van der Waals surface area contributed by atoms with Crippen LogP contribution < -0.4 is 10.6 Å². The first-order chi connectivity index (χ1) is 17.1. The minimum absolute atomic E-state index is 0.0576. The van der Waals surface area contributed by atoms with Crippen molar-refractivity contribution in [1.29, 1.82) is 0 Å². The lowest BCUT2D eigenvalue weighted by Gasteiger charge is -2.25. The van der Waals surface area contributed by atoms with Crippen LogP contribution in [0.2, 0.25) is 0 Å². The zero-order valence-electron chi connectivity index (χ0n) is 21.1. The molecule has 2 aromatic rings. The van der Waals surface area contributed by atoms with Gasteiger partial charge in [0, 0.05) is 12.8 Å². The monoisotopic (exact) mass is 498 g/mol. The number of hydrogen-bond acceptors (Lipinski definition) is 7. The highest BCUT2D eigenvalue weighted by atomic mass is 16.6. The molecule has 0 saturated heterocycles. The van der Waals surface area contributed by atoms with E-state index in [2.05, 4.69) is 10.6 Å². The molecule has 0 bridgehead atoms. The van der Waals surface area contributed by atoms with Gasteiger partial charge in [0.2, 0.25) is 5.91 Å². The van der Waals surface area contributed by atoms with Gasteiger partial charge in [-0.25, -0.2) is 9.59 Å². The highest BCUT2D eigenvalue weighted by Crippen LogP contribution is 2.10. The molecule has 0 aliphatic carbocycles. The van der Waals surface area contributed by atoms with E-state index < -0.39 is 41.6 Å². The lowest BCUT2D eigenvalue weighted by Crippen LogP contribution is -2.53. The second kappa shape index (κ2) is 13.9. The maximum atomic E-state index is 13.1. The number of alkyl carbamates (subject to hydrolysis) is 1. The minimum atomic E-state index is -1.15. The van der Waals surface area contributed by atoms with Gasteiger partial charge in [-0.2, -0.15) is 0 Å². The lowest BCUT2D eigenvalue weighted by molar-refractivity contribution is -0.146. The summed E-state index contributed by atoms with van der Waals surface area (Å²) in [4.78, 5) is 50.1. The van der Waals surface area contributed by atoms with Gasteiger partial charge in [-0.3, -0.25) is 9.59 Å². The minimum Gasteiger partial charge on any atom is -0.467 e. The third kappa shape index (κ3) is 10.6. The molecule has 2 amide bonds. The van der Waals surface area contributed by atoms with E-state index in [-0.39, 0.29) is 25.9 Å². The van der Waals surface area contributed by atoms with E-state index in [0.717, 1.165) is 11.1 Å². The summed E-state index contributed by atoms with van der Waals surface area (Å²) < 4.78 is 15.4. The van der Waals surface area contributed by atoms with Crippen molar-refractivity contribution in [3.63, 3.8) is 0 Å². The summed E-state index contributed by atoms with van der Waals surface area (Å²) in [5, 5.41) is 5.13. The molecule has 0 fully saturated rings. The second-order valence-electron chi connectivity index (χ2n) is 9.16. The molecule has 9 heteroatoms. The van der Waals surface area contributed by atoms with Crippen LogP contribution in [0, 0.1) is 0 Å². The van der Waals surface area contributed by atoms with Crippen LogP contribution in [0.4, 0.5) is 4.79 Å². The van der Waals surface area contributed by atoms with Gasteiger partial charge in [0.05, 0.1) is 7.11 Å². The molecule has 36 heavy (non-hydrogen) atoms. The van der Waals surface area contributed by atoms with Crippen LogP contribution in [0.5, 0.6) is 0 Å². The van der Waals surface area contributed by atoms with Crippen LogP contribution in [0.1, 0.15) is 44.7 Å². The van der Waals surface area contributed by atoms with Crippen molar-refractivity contribution in [2.24, 2.45) is 0 Å². The molecule has 2 aromatic carbocycles. The topological polar surface area (TPSA) is 120 Å². The Labute approximate surface area is 211 Å². The molecule has 9 nitrogen and oxygen atoms in total. The SMILES string of the molecule is COC(=O)[C@H](Cc1ccccc1)NC(=O)[C@@H](CCC(=O)OCc1ccccc1)NC(=O)OC(C)(C)C. The van der Waals surface area contributed by atoms with Crippen molar-refractivity contribution >= 4 is 23.9 Å². The molecule has 0 unspecified atom stereocenters. The Bertz CT molecular complexity index is 1000. The van der Waals surface area contributed by atoms with E-state index in [1.54, 1.807) is 20.8 Å². The summed E-state index contributed by atoms with van der Waals surface area (Å²) in [5.74, 6) is -1.81. The first-order valence-corrected chi connectivity index (χ1v) is 11.7. The van der Waals surface area contributed by atoms with E-state index in [1.807, 2.05) is 60.7 Å². The Morgan fingerprint density at radius 2 is 1.42 bits per heavy atom. The van der Waals surface area contributed by atoms with Crippen LogP contribution >= 0.6 is 0 Å². The number of nitrogens with one attached hydrogen (secondary N) is 2. The molecule has 0 aliphatic rings. The van der Waals surface area contributed by atoms with Crippen molar-refractivity contribution in [3.8, 4) is 0 Å². The van der Waals surface area contributed by atoms with Crippen molar-refractivity contribution in [1.82, 2.24) is 10.6 Å². The van der Waals surface area contributed by atoms with Gasteiger partial charge in [-0.1, -0.05) is 60.7 Å². The number of rotatable bonds is 11. The Kier molecular flexibility index (Phi) is 10.9. The van der Waals surface area contributed by atoms with Gasteiger partial charge in [0.25, 0.3) is 0 Å². The van der Waals surface area contributed by atoms with Crippen LogP contribution in [0.3, 0.4) is 0 Å². The summed E-state index contributed by atoms with van der Waals surface area (Å²) in [6.07, 6.45) is -0.824. The molecule has 194 valence electrons. The number of carbonyl (C=O) groups excluding carboxylic acids is 4. The summed E-state index contributed by atoms with van der Waals surface area (Å²) in [6.45, 7) is 5.17. The highest BCUT2D eigenvalue weighted by Gasteiger charge is 2.29. The molecule has 2 N–H and O–H groups in total. The molecule has 0 heterocycles. The Morgan fingerprint density at radius 3 is 1.97 bits per heavy atom. The van der Waals surface area contributed by atoms with E-state index in [4.69, 9.17) is 14.2 Å². The summed E-state index contributed by atoms with van der Waals surface area (Å²) in [7, 11) is 1.23. The number of benzene rings is 2. The molecular formula is C27H34N2O7. The predicted octanol–water partition coefficient (Wildman–Crippen LogP) is 3.30. The van der Waals surface area contributed by atoms with Gasteiger partial charge in [0.15, 0.2) is 0 Å². The standard InChI is InChI=1S/C27H34N2O7/c1-27(2,3)36-26(33)29-21(15-16-23(30)35-18-20-13-9-6-10-14-20)24(31)28-22(25(32)34-4)17-19-11-7-5-8-12-19/h5-14,21-22H,15-18H2,1-4H3,(H,28,31)(H,29,33)/t21-,22+/m1/s1. The Morgan fingerprint density at radius 1 is 0.833 bits per heavy atom. The van der Waals surface area contributed by atoms with Crippen LogP contribution in [0.15, 0.2) is 60.7 Å². The third-order valence-electron chi connectivity index (χ3n) is 4.97. The molecule has 2 atom stereocenters. The van der Waals surface area contributed by atoms with Crippen LogP contribution in [-0.2, 0) is 41.6 Å². The summed E-state index contributed by atoms with van der Waals surface area (Å²) >= 11 is 0. The van der Waals surface area contributed by atoms with Gasteiger partial charge >= 0.3 is 18.0 Å². The molecule has 0 spiro atoms. The van der Waals surface area contributed by atoms with Crippen LogP contribution in [-0.4, -0.2) is 48.7 Å². The maximum Gasteiger partial charge on any atom is 0.408 e. The molecule has 0 aliphatic heterocycles. The molecular weight excluding hydrogens is 464 g/mol. The Balaban J connectivity index is 2.06. The van der Waals surface area contributed by atoms with Gasteiger partial charge in [-0.15, -0.1) is 0 Å². The third-order valence-corrected chi connectivity index (χ3v) is 4.97. The van der Waals surface area contributed by atoms with Crippen molar-refractivity contribution < 1.29 is 33.4 Å². The summed E-state index contributed by atoms with van der Waals surface area (Å²) in [5.41, 5.74) is 0.852. The number of hydrogen-bond donors (Lipinski definition) is 2. The first-order valence-electron chi connectivity index (χ1n) is 11.7. The molecule has 0 aromatic heterocycles. The summed E-state index contributed by atoms with van der Waals surface area (Å²) in [6, 6.07) is 16.2. The predicted molar refractivity (Wildman–Crippen MR) is 133 cm³/mol. The molecule has 0 radical (unpaired) electrons. The largest absolute Gasteiger partial charge is 0.467 e. The van der Waals surface area contributed by atoms with Crippen molar-refractivity contribution in [3.05, 3.63) is 71.8 Å². The molecule has 2 rings (SSSR count). The molecule has 0 saturated carbocycles. The van der Waals surface area contributed by atoms with Gasteiger partial charge in [0.1, 0.15) is 24.3 Å². The highest BCUT2D eigenvalue weighted by molar-refractivity contribution is 5.90. The second-order valence-corrected chi connectivity index (χ2v) is 9.16.